The number of aromatic nitrogens is 2. The van der Waals surface area contributed by atoms with Gasteiger partial charge in [0.25, 0.3) is 0 Å². The molecule has 1 aliphatic rings. The standard InChI is InChI=1S/C23H23F2N3O2S/c1-12-7-13(8-18(26)22(12)30)15-5-6-27-10-14(15)9-20(29)19-11-31-23(28-19)21-16(24)3-2-4-17(21)25/h2-6,10-13,18,22,30H,7-9,26H2,1H3/t12-,13+,18+,22-/m0/s1. The summed E-state index contributed by atoms with van der Waals surface area (Å²) in [6, 6.07) is 5.19. The van der Waals surface area contributed by atoms with E-state index in [0.29, 0.717) is 6.42 Å². The summed E-state index contributed by atoms with van der Waals surface area (Å²) in [4.78, 5) is 21.3. The molecule has 162 valence electrons. The van der Waals surface area contributed by atoms with Crippen molar-refractivity contribution in [1.82, 2.24) is 9.97 Å². The molecule has 0 bridgehead atoms. The minimum absolute atomic E-state index is 0.0576. The number of halogens is 2. The van der Waals surface area contributed by atoms with Crippen molar-refractivity contribution >= 4 is 17.1 Å². The minimum Gasteiger partial charge on any atom is -0.391 e. The molecule has 0 saturated heterocycles. The van der Waals surface area contributed by atoms with Gasteiger partial charge in [-0.3, -0.25) is 9.78 Å². The molecule has 0 unspecified atom stereocenters. The van der Waals surface area contributed by atoms with Crippen molar-refractivity contribution in [2.75, 3.05) is 0 Å². The summed E-state index contributed by atoms with van der Waals surface area (Å²) in [5.41, 5.74) is 7.83. The topological polar surface area (TPSA) is 89.1 Å². The van der Waals surface area contributed by atoms with Crippen molar-refractivity contribution in [3.8, 4) is 10.6 Å². The maximum Gasteiger partial charge on any atom is 0.186 e. The van der Waals surface area contributed by atoms with Gasteiger partial charge in [0.05, 0.1) is 11.7 Å². The third kappa shape index (κ3) is 4.42. The van der Waals surface area contributed by atoms with Gasteiger partial charge in [0.1, 0.15) is 22.3 Å². The van der Waals surface area contributed by atoms with Crippen LogP contribution in [0.25, 0.3) is 10.6 Å². The summed E-state index contributed by atoms with van der Waals surface area (Å²) in [6.07, 6.45) is 4.30. The van der Waals surface area contributed by atoms with Gasteiger partial charge in [-0.2, -0.15) is 0 Å². The molecule has 0 radical (unpaired) electrons. The first-order valence-corrected chi connectivity index (χ1v) is 11.0. The number of nitrogens with two attached hydrogens (primary N) is 1. The molecule has 1 fully saturated rings. The molecule has 0 amide bonds. The second-order valence-corrected chi connectivity index (χ2v) is 8.97. The average Bonchev–Trinajstić information content (AvgIpc) is 3.22. The smallest absolute Gasteiger partial charge is 0.186 e. The van der Waals surface area contributed by atoms with Gasteiger partial charge in [0.2, 0.25) is 0 Å². The van der Waals surface area contributed by atoms with Gasteiger partial charge in [-0.15, -0.1) is 11.3 Å². The number of nitrogens with zero attached hydrogens (tertiary/aromatic N) is 2. The van der Waals surface area contributed by atoms with E-state index in [-0.39, 0.29) is 46.3 Å². The highest BCUT2D eigenvalue weighted by atomic mass is 32.1. The summed E-state index contributed by atoms with van der Waals surface area (Å²) in [5.74, 6) is -1.50. The van der Waals surface area contributed by atoms with Crippen LogP contribution in [-0.2, 0) is 6.42 Å². The predicted octanol–water partition coefficient (Wildman–Crippen LogP) is 4.11. The van der Waals surface area contributed by atoms with Crippen LogP contribution in [0.3, 0.4) is 0 Å². The molecule has 3 N–H and O–H groups in total. The summed E-state index contributed by atoms with van der Waals surface area (Å²) >= 11 is 1.03. The zero-order chi connectivity index (χ0) is 22.1. The normalized spacial score (nSPS) is 23.6. The first-order chi connectivity index (χ1) is 14.8. The molecule has 2 heterocycles. The largest absolute Gasteiger partial charge is 0.391 e. The molecular weight excluding hydrogens is 420 g/mol. The molecule has 0 aliphatic heterocycles. The fraction of sp³-hybridized carbons (Fsp3) is 0.348. The van der Waals surface area contributed by atoms with E-state index in [9.17, 15) is 18.7 Å². The Labute approximate surface area is 183 Å². The van der Waals surface area contributed by atoms with E-state index in [4.69, 9.17) is 5.73 Å². The first kappa shape index (κ1) is 21.7. The Bertz CT molecular complexity index is 1070. The highest BCUT2D eigenvalue weighted by molar-refractivity contribution is 7.13. The fourth-order valence-electron chi connectivity index (χ4n) is 4.29. The number of aliphatic hydroxyl groups excluding tert-OH is 1. The van der Waals surface area contributed by atoms with Gasteiger partial charge in [-0.25, -0.2) is 13.8 Å². The molecule has 4 atom stereocenters. The van der Waals surface area contributed by atoms with Crippen LogP contribution in [0.15, 0.2) is 42.0 Å². The molecule has 1 aliphatic carbocycles. The first-order valence-electron chi connectivity index (χ1n) is 10.1. The van der Waals surface area contributed by atoms with Crippen LogP contribution in [0, 0.1) is 17.6 Å². The molecule has 8 heteroatoms. The Morgan fingerprint density at radius 2 is 2.00 bits per heavy atom. The van der Waals surface area contributed by atoms with Gasteiger partial charge in [-0.05, 0) is 54.0 Å². The van der Waals surface area contributed by atoms with Crippen LogP contribution in [0.1, 0.15) is 47.3 Å². The number of hydrogen-bond donors (Lipinski definition) is 2. The number of Topliss-reactive ketones (excluding diaryl/α,β-unsaturated/α-hetero) is 1. The third-order valence-electron chi connectivity index (χ3n) is 5.93. The highest BCUT2D eigenvalue weighted by Gasteiger charge is 2.34. The number of ketones is 1. The highest BCUT2D eigenvalue weighted by Crippen LogP contribution is 2.37. The fourth-order valence-corrected chi connectivity index (χ4v) is 5.17. The number of hydrogen-bond acceptors (Lipinski definition) is 6. The van der Waals surface area contributed by atoms with Crippen molar-refractivity contribution in [1.29, 1.82) is 0 Å². The lowest BCUT2D eigenvalue weighted by Crippen LogP contribution is -2.44. The molecule has 1 saturated carbocycles. The van der Waals surface area contributed by atoms with Crippen LogP contribution in [0.4, 0.5) is 8.78 Å². The maximum absolute atomic E-state index is 14.0. The predicted molar refractivity (Wildman–Crippen MR) is 115 cm³/mol. The van der Waals surface area contributed by atoms with E-state index in [1.807, 2.05) is 13.0 Å². The summed E-state index contributed by atoms with van der Waals surface area (Å²) in [5, 5.41) is 11.8. The van der Waals surface area contributed by atoms with Crippen LogP contribution < -0.4 is 5.73 Å². The number of carbonyl (C=O) groups excluding carboxylic acids is 1. The molecule has 0 spiro atoms. The summed E-state index contributed by atoms with van der Waals surface area (Å²) < 4.78 is 28.1. The zero-order valence-electron chi connectivity index (χ0n) is 17.0. The number of carbonyl (C=O) groups is 1. The van der Waals surface area contributed by atoms with E-state index >= 15 is 0 Å². The van der Waals surface area contributed by atoms with Crippen molar-refractivity contribution in [3.63, 3.8) is 0 Å². The van der Waals surface area contributed by atoms with Crippen molar-refractivity contribution in [2.45, 2.75) is 44.2 Å². The summed E-state index contributed by atoms with van der Waals surface area (Å²) in [7, 11) is 0. The number of rotatable bonds is 5. The molecule has 2 aromatic heterocycles. The number of aliphatic hydroxyl groups is 1. The average molecular weight is 444 g/mol. The molecule has 3 aromatic rings. The number of thiazole rings is 1. The second kappa shape index (κ2) is 8.90. The van der Waals surface area contributed by atoms with Gasteiger partial charge >= 0.3 is 0 Å². The summed E-state index contributed by atoms with van der Waals surface area (Å²) in [6.45, 7) is 1.97. The van der Waals surface area contributed by atoms with Crippen molar-refractivity contribution in [2.24, 2.45) is 11.7 Å². The van der Waals surface area contributed by atoms with Gasteiger partial charge in [0.15, 0.2) is 5.78 Å². The van der Waals surface area contributed by atoms with Gasteiger partial charge in [-0.1, -0.05) is 13.0 Å². The Kier molecular flexibility index (Phi) is 6.22. The quantitative estimate of drug-likeness (QED) is 0.580. The molecule has 31 heavy (non-hydrogen) atoms. The van der Waals surface area contributed by atoms with E-state index < -0.39 is 17.7 Å². The Morgan fingerprint density at radius 1 is 1.26 bits per heavy atom. The van der Waals surface area contributed by atoms with E-state index in [0.717, 1.165) is 41.0 Å². The van der Waals surface area contributed by atoms with Crippen LogP contribution in [0.2, 0.25) is 0 Å². The Morgan fingerprint density at radius 3 is 2.71 bits per heavy atom. The maximum atomic E-state index is 14.0. The van der Waals surface area contributed by atoms with Crippen LogP contribution in [-0.4, -0.2) is 33.0 Å². The lowest BCUT2D eigenvalue weighted by Gasteiger charge is -2.36. The molecular formula is C23H23F2N3O2S. The van der Waals surface area contributed by atoms with E-state index in [1.54, 1.807) is 12.4 Å². The number of benzene rings is 1. The van der Waals surface area contributed by atoms with Crippen molar-refractivity contribution < 1.29 is 18.7 Å². The third-order valence-corrected chi connectivity index (χ3v) is 6.79. The van der Waals surface area contributed by atoms with Crippen LogP contribution >= 0.6 is 11.3 Å². The van der Waals surface area contributed by atoms with Gasteiger partial charge in [0, 0.05) is 30.2 Å². The molecule has 5 nitrogen and oxygen atoms in total. The van der Waals surface area contributed by atoms with E-state index in [1.165, 1.54) is 11.4 Å². The lowest BCUT2D eigenvalue weighted by atomic mass is 9.74. The molecule has 1 aromatic carbocycles. The molecule has 4 rings (SSSR count). The van der Waals surface area contributed by atoms with Gasteiger partial charge < -0.3 is 10.8 Å². The van der Waals surface area contributed by atoms with Crippen LogP contribution in [0.5, 0.6) is 0 Å². The Hall–Kier alpha value is -2.55. The zero-order valence-corrected chi connectivity index (χ0v) is 17.8. The number of pyridine rings is 1. The van der Waals surface area contributed by atoms with E-state index in [2.05, 4.69) is 9.97 Å². The Balaban J connectivity index is 1.56. The minimum atomic E-state index is -0.715. The SMILES string of the molecule is C[C@H]1C[C@@H](c2ccncc2CC(=O)c2csc(-c3c(F)cccc3F)n2)C[C@@H](N)[C@H]1O. The second-order valence-electron chi connectivity index (χ2n) is 8.11. The monoisotopic (exact) mass is 443 g/mol. The van der Waals surface area contributed by atoms with Crippen molar-refractivity contribution in [3.05, 3.63) is 70.5 Å². The lowest BCUT2D eigenvalue weighted by molar-refractivity contribution is 0.0519.